The number of hydrogen-bond acceptors (Lipinski definition) is 6. The molecule has 0 amide bonds. The van der Waals surface area contributed by atoms with E-state index in [9.17, 15) is 5.11 Å². The number of hydrazone groups is 1. The number of aromatic nitrogens is 2. The monoisotopic (exact) mass is 338 g/mol. The molecule has 0 saturated heterocycles. The molecule has 0 fully saturated rings. The lowest BCUT2D eigenvalue weighted by Gasteiger charge is -2.09. The summed E-state index contributed by atoms with van der Waals surface area (Å²) in [5, 5.41) is 14.1. The normalized spacial score (nSPS) is 10.8. The van der Waals surface area contributed by atoms with Crippen molar-refractivity contribution in [2.45, 2.75) is 0 Å². The van der Waals surface area contributed by atoms with Gasteiger partial charge in [-0.2, -0.15) is 5.10 Å². The van der Waals surface area contributed by atoms with Crippen LogP contribution in [0.4, 0.5) is 5.69 Å². The molecule has 0 aliphatic heterocycles. The minimum atomic E-state index is -0.0369. The molecule has 3 rings (SSSR count). The Labute approximate surface area is 145 Å². The molecule has 0 aliphatic rings. The molecular formula is C18H18N4O3. The van der Waals surface area contributed by atoms with Gasteiger partial charge < -0.3 is 19.1 Å². The molecule has 25 heavy (non-hydrogen) atoms. The predicted octanol–water partition coefficient (Wildman–Crippen LogP) is 3.04. The highest BCUT2D eigenvalue weighted by molar-refractivity contribution is 5.83. The Morgan fingerprint density at radius 2 is 1.80 bits per heavy atom. The van der Waals surface area contributed by atoms with Crippen molar-refractivity contribution in [1.29, 1.82) is 0 Å². The molecule has 7 heteroatoms. The first-order valence-electron chi connectivity index (χ1n) is 7.53. The number of imidazole rings is 1. The molecule has 0 bridgehead atoms. The molecule has 1 aromatic heterocycles. The maximum atomic E-state index is 9.90. The number of ether oxygens (including phenoxy) is 2. The van der Waals surface area contributed by atoms with E-state index < -0.39 is 0 Å². The second-order valence-corrected chi connectivity index (χ2v) is 5.16. The fraction of sp³-hybridized carbons (Fsp3) is 0.111. The van der Waals surface area contributed by atoms with Crippen molar-refractivity contribution in [3.63, 3.8) is 0 Å². The first kappa shape index (κ1) is 16.4. The highest BCUT2D eigenvalue weighted by Crippen LogP contribution is 2.36. The average Bonchev–Trinajstić information content (AvgIpc) is 3.18. The van der Waals surface area contributed by atoms with Crippen LogP contribution in [-0.4, -0.2) is 35.1 Å². The number of aromatic hydroxyl groups is 1. The first-order chi connectivity index (χ1) is 12.2. The van der Waals surface area contributed by atoms with E-state index in [2.05, 4.69) is 15.5 Å². The Bertz CT molecular complexity index is 834. The van der Waals surface area contributed by atoms with Gasteiger partial charge in [0.25, 0.3) is 0 Å². The van der Waals surface area contributed by atoms with Crippen LogP contribution in [0.3, 0.4) is 0 Å². The van der Waals surface area contributed by atoms with Gasteiger partial charge in [-0.15, -0.1) is 0 Å². The Morgan fingerprint density at radius 3 is 2.36 bits per heavy atom. The zero-order valence-corrected chi connectivity index (χ0v) is 13.9. The number of phenolic OH excluding ortho intramolecular Hbond substituents is 1. The number of anilines is 1. The van der Waals surface area contributed by atoms with Gasteiger partial charge in [0.2, 0.25) is 5.75 Å². The van der Waals surface area contributed by atoms with Crippen LogP contribution in [0.15, 0.2) is 60.2 Å². The molecular weight excluding hydrogens is 320 g/mol. The summed E-state index contributed by atoms with van der Waals surface area (Å²) in [6.07, 6.45) is 6.98. The smallest absolute Gasteiger partial charge is 0.200 e. The van der Waals surface area contributed by atoms with Crippen LogP contribution in [-0.2, 0) is 0 Å². The van der Waals surface area contributed by atoms with Gasteiger partial charge in [-0.3, -0.25) is 5.43 Å². The van der Waals surface area contributed by atoms with E-state index in [-0.39, 0.29) is 5.75 Å². The van der Waals surface area contributed by atoms with Crippen molar-refractivity contribution in [2.24, 2.45) is 5.10 Å². The van der Waals surface area contributed by atoms with Gasteiger partial charge in [0, 0.05) is 23.6 Å². The second kappa shape index (κ2) is 7.39. The maximum Gasteiger partial charge on any atom is 0.200 e. The molecule has 0 radical (unpaired) electrons. The van der Waals surface area contributed by atoms with E-state index in [1.165, 1.54) is 14.2 Å². The third-order valence-corrected chi connectivity index (χ3v) is 3.58. The summed E-state index contributed by atoms with van der Waals surface area (Å²) < 4.78 is 12.2. The third-order valence-electron chi connectivity index (χ3n) is 3.58. The van der Waals surface area contributed by atoms with E-state index in [0.29, 0.717) is 11.5 Å². The minimum Gasteiger partial charge on any atom is -0.502 e. The van der Waals surface area contributed by atoms with E-state index >= 15 is 0 Å². The fourth-order valence-electron chi connectivity index (χ4n) is 2.29. The van der Waals surface area contributed by atoms with Crippen molar-refractivity contribution in [2.75, 3.05) is 19.6 Å². The highest BCUT2D eigenvalue weighted by atomic mass is 16.5. The van der Waals surface area contributed by atoms with Crippen LogP contribution in [0.5, 0.6) is 17.2 Å². The lowest BCUT2D eigenvalue weighted by molar-refractivity contribution is 0.340. The van der Waals surface area contributed by atoms with E-state index in [1.54, 1.807) is 30.9 Å². The van der Waals surface area contributed by atoms with Gasteiger partial charge in [0.05, 0.1) is 32.4 Å². The summed E-state index contributed by atoms with van der Waals surface area (Å²) in [5.41, 5.74) is 5.55. The number of phenols is 1. The number of benzene rings is 2. The molecule has 2 aromatic carbocycles. The zero-order chi connectivity index (χ0) is 17.6. The van der Waals surface area contributed by atoms with Crippen LogP contribution in [0.2, 0.25) is 0 Å². The quantitative estimate of drug-likeness (QED) is 0.533. The topological polar surface area (TPSA) is 80.9 Å². The molecule has 7 nitrogen and oxygen atoms in total. The SMILES string of the molecule is COc1cc(/C=N/Nc2ccc(-n3ccnc3)cc2)cc(OC)c1O. The van der Waals surface area contributed by atoms with E-state index in [4.69, 9.17) is 9.47 Å². The molecule has 128 valence electrons. The first-order valence-corrected chi connectivity index (χ1v) is 7.53. The third kappa shape index (κ3) is 3.72. The van der Waals surface area contributed by atoms with Gasteiger partial charge in [0.15, 0.2) is 11.5 Å². The number of nitrogens with zero attached hydrogens (tertiary/aromatic N) is 3. The van der Waals surface area contributed by atoms with Gasteiger partial charge in [0.1, 0.15) is 0 Å². The number of rotatable bonds is 6. The summed E-state index contributed by atoms with van der Waals surface area (Å²) >= 11 is 0. The van der Waals surface area contributed by atoms with Crippen molar-refractivity contribution in [3.05, 3.63) is 60.7 Å². The summed E-state index contributed by atoms with van der Waals surface area (Å²) in [5.74, 6) is 0.612. The fourth-order valence-corrected chi connectivity index (χ4v) is 2.29. The van der Waals surface area contributed by atoms with Crippen LogP contribution >= 0.6 is 0 Å². The number of nitrogens with one attached hydrogen (secondary N) is 1. The Kier molecular flexibility index (Phi) is 4.84. The van der Waals surface area contributed by atoms with Crippen LogP contribution in [0, 0.1) is 0 Å². The van der Waals surface area contributed by atoms with Crippen LogP contribution < -0.4 is 14.9 Å². The largest absolute Gasteiger partial charge is 0.502 e. The maximum absolute atomic E-state index is 9.90. The van der Waals surface area contributed by atoms with E-state index in [0.717, 1.165) is 16.9 Å². The number of hydrogen-bond donors (Lipinski definition) is 2. The minimum absolute atomic E-state index is 0.0369. The average molecular weight is 338 g/mol. The highest BCUT2D eigenvalue weighted by Gasteiger charge is 2.10. The Morgan fingerprint density at radius 1 is 1.12 bits per heavy atom. The molecule has 1 heterocycles. The predicted molar refractivity (Wildman–Crippen MR) is 96.0 cm³/mol. The molecule has 3 aromatic rings. The standard InChI is InChI=1S/C18H18N4O3/c1-24-16-9-13(10-17(25-2)18(16)23)11-20-21-14-3-5-15(6-4-14)22-8-7-19-12-22/h3-12,21,23H,1-2H3/b20-11+. The molecule has 2 N–H and O–H groups in total. The summed E-state index contributed by atoms with van der Waals surface area (Å²) in [4.78, 5) is 4.02. The second-order valence-electron chi connectivity index (χ2n) is 5.16. The summed E-state index contributed by atoms with van der Waals surface area (Å²) in [6.45, 7) is 0. The van der Waals surface area contributed by atoms with Crippen molar-refractivity contribution in [3.8, 4) is 22.9 Å². The summed E-state index contributed by atoms with van der Waals surface area (Å²) in [6, 6.07) is 11.1. The van der Waals surface area contributed by atoms with Gasteiger partial charge in [-0.05, 0) is 36.4 Å². The number of methoxy groups -OCH3 is 2. The molecule has 0 saturated carbocycles. The van der Waals surface area contributed by atoms with Crippen LogP contribution in [0.1, 0.15) is 5.56 Å². The van der Waals surface area contributed by atoms with Gasteiger partial charge in [-0.25, -0.2) is 4.98 Å². The Hall–Kier alpha value is -3.48. The van der Waals surface area contributed by atoms with Crippen molar-refractivity contribution >= 4 is 11.9 Å². The lowest BCUT2D eigenvalue weighted by atomic mass is 10.2. The summed E-state index contributed by atoms with van der Waals surface area (Å²) in [7, 11) is 2.96. The van der Waals surface area contributed by atoms with Gasteiger partial charge in [-0.1, -0.05) is 0 Å². The molecule has 0 aliphatic carbocycles. The van der Waals surface area contributed by atoms with Gasteiger partial charge >= 0.3 is 0 Å². The molecule has 0 unspecified atom stereocenters. The zero-order valence-electron chi connectivity index (χ0n) is 13.9. The molecule has 0 spiro atoms. The molecule has 0 atom stereocenters. The van der Waals surface area contributed by atoms with Crippen LogP contribution in [0.25, 0.3) is 5.69 Å². The lowest BCUT2D eigenvalue weighted by Crippen LogP contribution is -1.95. The van der Waals surface area contributed by atoms with Crippen molar-refractivity contribution in [1.82, 2.24) is 9.55 Å². The van der Waals surface area contributed by atoms with E-state index in [1.807, 2.05) is 35.0 Å². The Balaban J connectivity index is 1.71. The van der Waals surface area contributed by atoms with Crippen molar-refractivity contribution < 1.29 is 14.6 Å².